The van der Waals surface area contributed by atoms with Gasteiger partial charge in [-0.2, -0.15) is 0 Å². The highest BCUT2D eigenvalue weighted by Gasteiger charge is 2.38. The minimum atomic E-state index is 0.973. The van der Waals surface area contributed by atoms with Crippen molar-refractivity contribution in [3.8, 4) is 0 Å². The molecule has 0 bridgehead atoms. The van der Waals surface area contributed by atoms with Crippen LogP contribution in [0.4, 0.5) is 0 Å². The van der Waals surface area contributed by atoms with Crippen LogP contribution in [-0.4, -0.2) is 29.5 Å². The second-order valence-corrected chi connectivity index (χ2v) is 6.43. The molecule has 2 heteroatoms. The van der Waals surface area contributed by atoms with Crippen molar-refractivity contribution in [2.45, 2.75) is 33.1 Å². The molecule has 0 amide bonds. The van der Waals surface area contributed by atoms with Crippen LogP contribution in [0, 0.1) is 24.7 Å². The third-order valence-corrected chi connectivity index (χ3v) is 4.72. The molecule has 0 radical (unpaired) electrons. The molecular formula is C16H24N2. The normalized spacial score (nSPS) is 31.8. The van der Waals surface area contributed by atoms with Gasteiger partial charge in [0.15, 0.2) is 0 Å². The molecule has 1 aromatic heterocycles. The van der Waals surface area contributed by atoms with E-state index >= 15 is 0 Å². The summed E-state index contributed by atoms with van der Waals surface area (Å²) in [6.07, 6.45) is 6.01. The van der Waals surface area contributed by atoms with Crippen LogP contribution in [0.15, 0.2) is 18.3 Å². The number of aromatic nitrogens is 1. The predicted molar refractivity (Wildman–Crippen MR) is 74.5 cm³/mol. The van der Waals surface area contributed by atoms with Crippen LogP contribution in [0.3, 0.4) is 0 Å². The molecule has 0 N–H and O–H groups in total. The van der Waals surface area contributed by atoms with E-state index in [4.69, 9.17) is 0 Å². The number of hydrogen-bond donors (Lipinski definition) is 0. The first-order valence-corrected chi connectivity index (χ1v) is 7.34. The average molecular weight is 244 g/mol. The number of likely N-dealkylation sites (tertiary alicyclic amines) is 1. The highest BCUT2D eigenvalue weighted by atomic mass is 15.2. The van der Waals surface area contributed by atoms with E-state index in [9.17, 15) is 0 Å². The summed E-state index contributed by atoms with van der Waals surface area (Å²) in [5, 5.41) is 0. The summed E-state index contributed by atoms with van der Waals surface area (Å²) in [5.41, 5.74) is 2.49. The molecule has 3 rings (SSSR count). The van der Waals surface area contributed by atoms with E-state index in [1.807, 2.05) is 6.20 Å². The second-order valence-electron chi connectivity index (χ2n) is 6.43. The van der Waals surface area contributed by atoms with Crippen molar-refractivity contribution in [1.29, 1.82) is 0 Å². The summed E-state index contributed by atoms with van der Waals surface area (Å²) < 4.78 is 0. The van der Waals surface area contributed by atoms with Gasteiger partial charge in [-0.1, -0.05) is 13.0 Å². The van der Waals surface area contributed by atoms with Crippen molar-refractivity contribution >= 4 is 0 Å². The van der Waals surface area contributed by atoms with Gasteiger partial charge in [-0.3, -0.25) is 4.98 Å². The lowest BCUT2D eigenvalue weighted by atomic mass is 10.0. The van der Waals surface area contributed by atoms with Crippen LogP contribution < -0.4 is 0 Å². The van der Waals surface area contributed by atoms with Crippen molar-refractivity contribution in [1.82, 2.24) is 9.88 Å². The SMILES string of the molecule is Cc1ccc(CCN2CC3CC(C)CC3C2)nc1. The number of fused-ring (bicyclic) bond motifs is 1. The van der Waals surface area contributed by atoms with E-state index in [-0.39, 0.29) is 0 Å². The first-order valence-electron chi connectivity index (χ1n) is 7.34. The Labute approximate surface area is 110 Å². The fourth-order valence-corrected chi connectivity index (χ4v) is 3.80. The Bertz CT molecular complexity index is 384. The van der Waals surface area contributed by atoms with E-state index in [0.717, 1.165) is 24.2 Å². The Morgan fingerprint density at radius 1 is 1.22 bits per heavy atom. The maximum absolute atomic E-state index is 4.50. The molecule has 1 saturated carbocycles. The zero-order chi connectivity index (χ0) is 12.5. The van der Waals surface area contributed by atoms with Crippen LogP contribution >= 0.6 is 0 Å². The Morgan fingerprint density at radius 3 is 2.56 bits per heavy atom. The highest BCUT2D eigenvalue weighted by Crippen LogP contribution is 2.41. The van der Waals surface area contributed by atoms with Gasteiger partial charge in [0.2, 0.25) is 0 Å². The smallest absolute Gasteiger partial charge is 0.0416 e. The second kappa shape index (κ2) is 5.00. The molecular weight excluding hydrogens is 220 g/mol. The van der Waals surface area contributed by atoms with Gasteiger partial charge in [0.1, 0.15) is 0 Å². The Hall–Kier alpha value is -0.890. The Balaban J connectivity index is 1.49. The number of nitrogens with zero attached hydrogens (tertiary/aromatic N) is 2. The summed E-state index contributed by atoms with van der Waals surface area (Å²) in [7, 11) is 0. The topological polar surface area (TPSA) is 16.1 Å². The van der Waals surface area contributed by atoms with Gasteiger partial charge in [0.05, 0.1) is 0 Å². The lowest BCUT2D eigenvalue weighted by Gasteiger charge is -2.17. The average Bonchev–Trinajstić information content (AvgIpc) is 2.85. The fourth-order valence-electron chi connectivity index (χ4n) is 3.80. The first-order chi connectivity index (χ1) is 8.70. The molecule has 2 atom stereocenters. The van der Waals surface area contributed by atoms with E-state index < -0.39 is 0 Å². The lowest BCUT2D eigenvalue weighted by molar-refractivity contribution is 0.303. The summed E-state index contributed by atoms with van der Waals surface area (Å²) in [5.74, 6) is 2.96. The summed E-state index contributed by atoms with van der Waals surface area (Å²) in [6, 6.07) is 4.34. The van der Waals surface area contributed by atoms with Gasteiger partial charge >= 0.3 is 0 Å². The molecule has 1 aromatic rings. The zero-order valence-electron chi connectivity index (χ0n) is 11.6. The Kier molecular flexibility index (Phi) is 3.38. The van der Waals surface area contributed by atoms with Crippen LogP contribution in [0.25, 0.3) is 0 Å². The molecule has 18 heavy (non-hydrogen) atoms. The molecule has 2 nitrogen and oxygen atoms in total. The highest BCUT2D eigenvalue weighted by molar-refractivity contribution is 5.12. The van der Waals surface area contributed by atoms with E-state index in [2.05, 4.69) is 35.9 Å². The fraction of sp³-hybridized carbons (Fsp3) is 0.688. The van der Waals surface area contributed by atoms with Crippen LogP contribution in [0.1, 0.15) is 31.0 Å². The number of rotatable bonds is 3. The molecule has 98 valence electrons. The van der Waals surface area contributed by atoms with Crippen LogP contribution in [0.5, 0.6) is 0 Å². The molecule has 2 aliphatic rings. The number of hydrogen-bond acceptors (Lipinski definition) is 2. The van der Waals surface area contributed by atoms with Crippen molar-refractivity contribution in [3.63, 3.8) is 0 Å². The minimum Gasteiger partial charge on any atom is -0.302 e. The molecule has 0 spiro atoms. The maximum atomic E-state index is 4.50. The van der Waals surface area contributed by atoms with E-state index in [1.54, 1.807) is 0 Å². The monoisotopic (exact) mass is 244 g/mol. The zero-order valence-corrected chi connectivity index (χ0v) is 11.6. The number of aryl methyl sites for hydroxylation is 1. The number of pyridine rings is 1. The van der Waals surface area contributed by atoms with Crippen LogP contribution in [-0.2, 0) is 6.42 Å². The van der Waals surface area contributed by atoms with Gasteiger partial charge in [-0.05, 0) is 49.1 Å². The molecule has 0 aromatic carbocycles. The molecule has 1 aliphatic heterocycles. The van der Waals surface area contributed by atoms with Gasteiger partial charge in [-0.25, -0.2) is 0 Å². The Morgan fingerprint density at radius 2 is 1.94 bits per heavy atom. The minimum absolute atomic E-state index is 0.973. The summed E-state index contributed by atoms with van der Waals surface area (Å²) in [4.78, 5) is 7.15. The third kappa shape index (κ3) is 2.59. The summed E-state index contributed by atoms with van der Waals surface area (Å²) in [6.45, 7) is 8.37. The standard InChI is InChI=1S/C16H24N2/c1-12-3-4-16(17-9-12)5-6-18-10-14-7-13(2)8-15(14)11-18/h3-4,9,13-15H,5-8,10-11H2,1-2H3. The van der Waals surface area contributed by atoms with Gasteiger partial charge < -0.3 is 4.90 Å². The molecule has 2 unspecified atom stereocenters. The predicted octanol–water partition coefficient (Wildman–Crippen LogP) is 2.91. The van der Waals surface area contributed by atoms with Crippen LogP contribution in [0.2, 0.25) is 0 Å². The van der Waals surface area contributed by atoms with Gasteiger partial charge in [0.25, 0.3) is 0 Å². The third-order valence-electron chi connectivity index (χ3n) is 4.72. The molecule has 2 heterocycles. The van der Waals surface area contributed by atoms with Gasteiger partial charge in [-0.15, -0.1) is 0 Å². The molecule has 1 aliphatic carbocycles. The van der Waals surface area contributed by atoms with E-state index in [1.165, 1.54) is 43.7 Å². The maximum Gasteiger partial charge on any atom is 0.0416 e. The quantitative estimate of drug-likeness (QED) is 0.812. The van der Waals surface area contributed by atoms with E-state index in [0.29, 0.717) is 0 Å². The molecule has 1 saturated heterocycles. The van der Waals surface area contributed by atoms with Crippen molar-refractivity contribution < 1.29 is 0 Å². The van der Waals surface area contributed by atoms with Crippen molar-refractivity contribution in [3.05, 3.63) is 29.6 Å². The summed E-state index contributed by atoms with van der Waals surface area (Å²) >= 11 is 0. The molecule has 2 fully saturated rings. The largest absolute Gasteiger partial charge is 0.302 e. The first kappa shape index (κ1) is 12.2. The van der Waals surface area contributed by atoms with Crippen molar-refractivity contribution in [2.75, 3.05) is 19.6 Å². The lowest BCUT2D eigenvalue weighted by Crippen LogP contribution is -2.25. The van der Waals surface area contributed by atoms with Gasteiger partial charge in [0, 0.05) is 37.9 Å². The van der Waals surface area contributed by atoms with Crippen molar-refractivity contribution in [2.24, 2.45) is 17.8 Å².